The summed E-state index contributed by atoms with van der Waals surface area (Å²) in [6, 6.07) is 1.53. The normalized spacial score (nSPS) is 19.3. The van der Waals surface area contributed by atoms with Crippen LogP contribution in [0.25, 0.3) is 0 Å². The summed E-state index contributed by atoms with van der Waals surface area (Å²) in [7, 11) is -3.64. The number of thiazole rings is 1. The van der Waals surface area contributed by atoms with Crippen molar-refractivity contribution in [3.63, 3.8) is 0 Å². The lowest BCUT2D eigenvalue weighted by atomic mass is 10.1. The van der Waals surface area contributed by atoms with Gasteiger partial charge < -0.3 is 0 Å². The van der Waals surface area contributed by atoms with E-state index in [0.717, 1.165) is 55.9 Å². The zero-order valence-corrected chi connectivity index (χ0v) is 18.8. The number of anilines is 1. The van der Waals surface area contributed by atoms with Crippen molar-refractivity contribution in [3.8, 4) is 0 Å². The summed E-state index contributed by atoms with van der Waals surface area (Å²) in [6.45, 7) is 4.01. The quantitative estimate of drug-likeness (QED) is 0.721. The molecule has 0 saturated carbocycles. The molecule has 0 aromatic carbocycles. The van der Waals surface area contributed by atoms with E-state index in [1.807, 2.05) is 5.38 Å². The second-order valence-electron chi connectivity index (χ2n) is 7.51. The van der Waals surface area contributed by atoms with Crippen LogP contribution in [0.4, 0.5) is 5.13 Å². The minimum Gasteiger partial charge on any atom is -0.297 e. The van der Waals surface area contributed by atoms with Gasteiger partial charge in [-0.05, 0) is 50.2 Å². The number of sulfonamides is 1. The van der Waals surface area contributed by atoms with Crippen LogP contribution in [0.1, 0.15) is 53.9 Å². The van der Waals surface area contributed by atoms with Crippen LogP contribution in [0.5, 0.6) is 0 Å². The van der Waals surface area contributed by atoms with Crippen LogP contribution in [0.2, 0.25) is 0 Å². The van der Waals surface area contributed by atoms with Gasteiger partial charge in [0, 0.05) is 25.0 Å². The van der Waals surface area contributed by atoms with Crippen molar-refractivity contribution in [2.75, 3.05) is 31.5 Å². The van der Waals surface area contributed by atoms with E-state index in [1.165, 1.54) is 41.0 Å². The van der Waals surface area contributed by atoms with Crippen LogP contribution < -0.4 is 5.32 Å². The molecule has 10 heteroatoms. The molecule has 0 radical (unpaired) electrons. The standard InChI is InChI=1S/C19H26N4O3S3/c24-18(21-19-20-15(14-28-19)13-22-8-3-1-4-9-22)17-16(7-12-27-17)29(25,26)23-10-5-2-6-11-23/h7,12,14H,1-6,8-11,13H2,(H,20,21,24). The molecule has 4 heterocycles. The third-order valence-electron chi connectivity index (χ3n) is 5.37. The molecule has 29 heavy (non-hydrogen) atoms. The Bertz CT molecular complexity index is 942. The molecule has 0 spiro atoms. The highest BCUT2D eigenvalue weighted by Gasteiger charge is 2.31. The Morgan fingerprint density at radius 1 is 1.03 bits per heavy atom. The lowest BCUT2D eigenvalue weighted by Gasteiger charge is -2.25. The smallest absolute Gasteiger partial charge is 0.268 e. The predicted octanol–water partition coefficient (Wildman–Crippen LogP) is 3.62. The van der Waals surface area contributed by atoms with Crippen LogP contribution in [0.15, 0.2) is 21.7 Å². The number of nitrogens with zero attached hydrogens (tertiary/aromatic N) is 3. The van der Waals surface area contributed by atoms with E-state index in [2.05, 4.69) is 15.2 Å². The molecular weight excluding hydrogens is 428 g/mol. The van der Waals surface area contributed by atoms with Gasteiger partial charge >= 0.3 is 0 Å². The summed E-state index contributed by atoms with van der Waals surface area (Å²) >= 11 is 2.53. The highest BCUT2D eigenvalue weighted by Crippen LogP contribution is 2.28. The number of amides is 1. The molecule has 2 aromatic heterocycles. The molecule has 0 unspecified atom stereocenters. The fourth-order valence-corrected chi connectivity index (χ4v) is 7.36. The maximum Gasteiger partial charge on any atom is 0.268 e. The van der Waals surface area contributed by atoms with E-state index < -0.39 is 15.9 Å². The average Bonchev–Trinajstić information content (AvgIpc) is 3.39. The molecular formula is C19H26N4O3S3. The van der Waals surface area contributed by atoms with Crippen LogP contribution in [0.3, 0.4) is 0 Å². The topological polar surface area (TPSA) is 82.6 Å². The van der Waals surface area contributed by atoms with Gasteiger partial charge in [0.25, 0.3) is 5.91 Å². The van der Waals surface area contributed by atoms with E-state index in [4.69, 9.17) is 0 Å². The van der Waals surface area contributed by atoms with Gasteiger partial charge in [0.2, 0.25) is 10.0 Å². The largest absolute Gasteiger partial charge is 0.297 e. The minimum absolute atomic E-state index is 0.104. The number of thiophene rings is 1. The Hall–Kier alpha value is -1.33. The molecule has 0 atom stereocenters. The van der Waals surface area contributed by atoms with Gasteiger partial charge in [0.15, 0.2) is 5.13 Å². The fraction of sp³-hybridized carbons (Fsp3) is 0.579. The molecule has 4 rings (SSSR count). The van der Waals surface area contributed by atoms with Gasteiger partial charge in [0.05, 0.1) is 5.69 Å². The Balaban J connectivity index is 1.44. The highest BCUT2D eigenvalue weighted by molar-refractivity contribution is 7.89. The van der Waals surface area contributed by atoms with Gasteiger partial charge in [-0.15, -0.1) is 22.7 Å². The van der Waals surface area contributed by atoms with Crippen LogP contribution in [-0.2, 0) is 16.6 Å². The van der Waals surface area contributed by atoms with Crippen LogP contribution >= 0.6 is 22.7 Å². The number of hydrogen-bond donors (Lipinski definition) is 1. The first-order valence-electron chi connectivity index (χ1n) is 10.1. The number of nitrogens with one attached hydrogen (secondary N) is 1. The lowest BCUT2D eigenvalue weighted by Crippen LogP contribution is -2.36. The first kappa shape index (κ1) is 20.9. The zero-order valence-electron chi connectivity index (χ0n) is 16.3. The SMILES string of the molecule is O=C(Nc1nc(CN2CCCCC2)cs1)c1sccc1S(=O)(=O)N1CCCCC1. The Kier molecular flexibility index (Phi) is 6.65. The van der Waals surface area contributed by atoms with Crippen molar-refractivity contribution in [1.29, 1.82) is 0 Å². The molecule has 2 saturated heterocycles. The molecule has 2 aliphatic rings. The number of piperidine rings is 2. The minimum atomic E-state index is -3.64. The lowest BCUT2D eigenvalue weighted by molar-refractivity contribution is 0.102. The van der Waals surface area contributed by atoms with E-state index in [-0.39, 0.29) is 9.77 Å². The Morgan fingerprint density at radius 3 is 2.45 bits per heavy atom. The first-order chi connectivity index (χ1) is 14.0. The molecule has 2 aliphatic heterocycles. The molecule has 2 fully saturated rings. The highest BCUT2D eigenvalue weighted by atomic mass is 32.2. The van der Waals surface area contributed by atoms with E-state index in [1.54, 1.807) is 5.38 Å². The van der Waals surface area contributed by atoms with E-state index >= 15 is 0 Å². The van der Waals surface area contributed by atoms with Gasteiger partial charge in [-0.25, -0.2) is 13.4 Å². The Morgan fingerprint density at radius 2 is 1.72 bits per heavy atom. The molecule has 2 aromatic rings. The molecule has 7 nitrogen and oxygen atoms in total. The van der Waals surface area contributed by atoms with Crippen LogP contribution in [0, 0.1) is 0 Å². The monoisotopic (exact) mass is 454 g/mol. The summed E-state index contributed by atoms with van der Waals surface area (Å²) in [5, 5.41) is 6.93. The summed E-state index contributed by atoms with van der Waals surface area (Å²) in [5.74, 6) is -0.408. The summed E-state index contributed by atoms with van der Waals surface area (Å²) in [6.07, 6.45) is 6.51. The van der Waals surface area contributed by atoms with Gasteiger partial charge in [0.1, 0.15) is 9.77 Å². The molecule has 158 valence electrons. The first-order valence-corrected chi connectivity index (χ1v) is 13.3. The molecule has 1 amide bonds. The number of carbonyl (C=O) groups is 1. The maximum absolute atomic E-state index is 13.0. The zero-order chi connectivity index (χ0) is 20.3. The predicted molar refractivity (Wildman–Crippen MR) is 116 cm³/mol. The third kappa shape index (κ3) is 4.88. The maximum atomic E-state index is 13.0. The second-order valence-corrected chi connectivity index (χ2v) is 11.2. The van der Waals surface area contributed by atoms with Crippen LogP contribution in [-0.4, -0.2) is 54.7 Å². The fourth-order valence-electron chi connectivity index (χ4n) is 3.85. The number of aromatic nitrogens is 1. The number of hydrogen-bond acceptors (Lipinski definition) is 7. The number of rotatable bonds is 6. The summed E-state index contributed by atoms with van der Waals surface area (Å²) in [5.41, 5.74) is 0.944. The van der Waals surface area contributed by atoms with Crippen molar-refractivity contribution in [1.82, 2.24) is 14.2 Å². The third-order valence-corrected chi connectivity index (χ3v) is 9.16. The summed E-state index contributed by atoms with van der Waals surface area (Å²) in [4.78, 5) is 20.0. The molecule has 1 N–H and O–H groups in total. The van der Waals surface area contributed by atoms with E-state index in [0.29, 0.717) is 18.2 Å². The van der Waals surface area contributed by atoms with Crippen molar-refractivity contribution < 1.29 is 13.2 Å². The second kappa shape index (κ2) is 9.22. The van der Waals surface area contributed by atoms with Crippen molar-refractivity contribution in [2.45, 2.75) is 50.0 Å². The van der Waals surface area contributed by atoms with Gasteiger partial charge in [-0.2, -0.15) is 4.31 Å². The van der Waals surface area contributed by atoms with Crippen molar-refractivity contribution in [3.05, 3.63) is 27.4 Å². The average molecular weight is 455 g/mol. The van der Waals surface area contributed by atoms with Crippen molar-refractivity contribution in [2.24, 2.45) is 0 Å². The Labute approximate surface area is 179 Å². The van der Waals surface area contributed by atoms with Gasteiger partial charge in [-0.1, -0.05) is 12.8 Å². The number of likely N-dealkylation sites (tertiary alicyclic amines) is 1. The number of carbonyl (C=O) groups excluding carboxylic acids is 1. The van der Waals surface area contributed by atoms with E-state index in [9.17, 15) is 13.2 Å². The van der Waals surface area contributed by atoms with Crippen molar-refractivity contribution >= 4 is 43.7 Å². The molecule has 0 bridgehead atoms. The molecule has 0 aliphatic carbocycles. The summed E-state index contributed by atoms with van der Waals surface area (Å²) < 4.78 is 27.5. The van der Waals surface area contributed by atoms with Gasteiger partial charge in [-0.3, -0.25) is 15.0 Å².